The normalized spacial score (nSPS) is 11.8. The predicted octanol–water partition coefficient (Wildman–Crippen LogP) is 3.45. The van der Waals surface area contributed by atoms with Crippen molar-refractivity contribution in [1.29, 1.82) is 0 Å². The van der Waals surface area contributed by atoms with Gasteiger partial charge in [0.05, 0.1) is 11.4 Å². The molecule has 1 atom stereocenters. The molecule has 0 saturated carbocycles. The number of carbonyl (C=O) groups excluding carboxylic acids is 1. The molecule has 5 heteroatoms. The molecule has 0 aliphatic heterocycles. The maximum Gasteiger partial charge on any atom is 0.251 e. The van der Waals surface area contributed by atoms with Gasteiger partial charge in [0.15, 0.2) is 0 Å². The number of hydrogen-bond donors (Lipinski definition) is 3. The second kappa shape index (κ2) is 6.50. The van der Waals surface area contributed by atoms with Gasteiger partial charge in [-0.3, -0.25) is 4.79 Å². The highest BCUT2D eigenvalue weighted by atomic mass is 35.5. The largest absolute Gasteiger partial charge is 0.397 e. The van der Waals surface area contributed by atoms with Gasteiger partial charge in [0.25, 0.3) is 5.91 Å². The lowest BCUT2D eigenvalue weighted by atomic mass is 10.1. The average Bonchev–Trinajstić information content (AvgIpc) is 2.49. The van der Waals surface area contributed by atoms with Crippen LogP contribution in [0.2, 0.25) is 5.02 Å². The third-order valence-corrected chi connectivity index (χ3v) is 3.53. The Hall–Kier alpha value is -2.20. The molecule has 2 rings (SSSR count). The van der Waals surface area contributed by atoms with E-state index in [4.69, 9.17) is 17.3 Å². The van der Waals surface area contributed by atoms with Crippen LogP contribution in [0.5, 0.6) is 0 Å². The number of nitrogen functional groups attached to an aromatic ring is 1. The number of nitrogens with one attached hydrogen (secondary N) is 2. The van der Waals surface area contributed by atoms with Crippen LogP contribution in [0.3, 0.4) is 0 Å². The number of halogens is 1. The fraction of sp³-hybridized carbons (Fsp3) is 0.188. The van der Waals surface area contributed by atoms with E-state index in [1.807, 2.05) is 37.3 Å². The van der Waals surface area contributed by atoms with Gasteiger partial charge in [-0.05, 0) is 42.8 Å². The van der Waals surface area contributed by atoms with E-state index in [0.717, 1.165) is 11.3 Å². The zero-order chi connectivity index (χ0) is 15.4. The Morgan fingerprint density at radius 3 is 2.43 bits per heavy atom. The molecule has 1 amide bonds. The molecule has 2 aromatic rings. The van der Waals surface area contributed by atoms with E-state index < -0.39 is 0 Å². The lowest BCUT2D eigenvalue weighted by Crippen LogP contribution is -2.18. The van der Waals surface area contributed by atoms with Gasteiger partial charge < -0.3 is 16.4 Å². The van der Waals surface area contributed by atoms with Crippen LogP contribution in [-0.4, -0.2) is 13.0 Å². The number of rotatable bonds is 4. The molecule has 0 heterocycles. The molecule has 0 bridgehead atoms. The third-order valence-electron chi connectivity index (χ3n) is 3.28. The van der Waals surface area contributed by atoms with Gasteiger partial charge in [0, 0.05) is 23.7 Å². The molecule has 0 saturated heterocycles. The van der Waals surface area contributed by atoms with Crippen molar-refractivity contribution in [3.05, 3.63) is 58.6 Å². The first-order valence-corrected chi connectivity index (χ1v) is 7.02. The summed E-state index contributed by atoms with van der Waals surface area (Å²) in [7, 11) is 1.59. The summed E-state index contributed by atoms with van der Waals surface area (Å²) in [4.78, 5) is 11.6. The number of amides is 1. The van der Waals surface area contributed by atoms with E-state index in [-0.39, 0.29) is 11.9 Å². The maximum atomic E-state index is 11.6. The monoisotopic (exact) mass is 303 g/mol. The highest BCUT2D eigenvalue weighted by molar-refractivity contribution is 6.30. The van der Waals surface area contributed by atoms with Crippen molar-refractivity contribution < 1.29 is 4.79 Å². The fourth-order valence-electron chi connectivity index (χ4n) is 2.05. The first-order chi connectivity index (χ1) is 10.0. The highest BCUT2D eigenvalue weighted by Crippen LogP contribution is 2.26. The van der Waals surface area contributed by atoms with Crippen molar-refractivity contribution in [1.82, 2.24) is 5.32 Å². The van der Waals surface area contributed by atoms with Gasteiger partial charge in [0.2, 0.25) is 0 Å². The highest BCUT2D eigenvalue weighted by Gasteiger charge is 2.10. The molecule has 4 N–H and O–H groups in total. The number of benzene rings is 2. The van der Waals surface area contributed by atoms with Crippen molar-refractivity contribution in [3.8, 4) is 0 Å². The van der Waals surface area contributed by atoms with Crippen LogP contribution >= 0.6 is 11.6 Å². The smallest absolute Gasteiger partial charge is 0.251 e. The molecular weight excluding hydrogens is 286 g/mol. The molecule has 2 aromatic carbocycles. The zero-order valence-electron chi connectivity index (χ0n) is 12.0. The van der Waals surface area contributed by atoms with Crippen molar-refractivity contribution in [3.63, 3.8) is 0 Å². The van der Waals surface area contributed by atoms with Crippen LogP contribution in [0.4, 0.5) is 11.4 Å². The van der Waals surface area contributed by atoms with Crippen LogP contribution in [0.15, 0.2) is 42.5 Å². The van der Waals surface area contributed by atoms with Crippen molar-refractivity contribution in [2.24, 2.45) is 0 Å². The SMILES string of the molecule is CNC(=O)c1ccc(NC(C)c2ccc(Cl)cc2)c(N)c1. The first kappa shape index (κ1) is 15.2. The Bertz CT molecular complexity index is 640. The lowest BCUT2D eigenvalue weighted by molar-refractivity contribution is 0.0963. The number of nitrogens with two attached hydrogens (primary N) is 1. The summed E-state index contributed by atoms with van der Waals surface area (Å²) in [5, 5.41) is 6.61. The molecule has 0 aromatic heterocycles. The van der Waals surface area contributed by atoms with Crippen LogP contribution in [-0.2, 0) is 0 Å². The molecule has 0 aliphatic carbocycles. The van der Waals surface area contributed by atoms with E-state index in [1.165, 1.54) is 0 Å². The molecule has 21 heavy (non-hydrogen) atoms. The van der Waals surface area contributed by atoms with Gasteiger partial charge in [-0.25, -0.2) is 0 Å². The minimum absolute atomic E-state index is 0.0791. The van der Waals surface area contributed by atoms with Gasteiger partial charge in [-0.15, -0.1) is 0 Å². The summed E-state index contributed by atoms with van der Waals surface area (Å²) in [6.07, 6.45) is 0. The Morgan fingerprint density at radius 1 is 1.19 bits per heavy atom. The molecule has 0 radical (unpaired) electrons. The minimum Gasteiger partial charge on any atom is -0.397 e. The van der Waals surface area contributed by atoms with Gasteiger partial charge >= 0.3 is 0 Å². The first-order valence-electron chi connectivity index (χ1n) is 6.65. The average molecular weight is 304 g/mol. The Kier molecular flexibility index (Phi) is 4.70. The third kappa shape index (κ3) is 3.67. The quantitative estimate of drug-likeness (QED) is 0.758. The number of carbonyl (C=O) groups is 1. The zero-order valence-corrected chi connectivity index (χ0v) is 12.7. The van der Waals surface area contributed by atoms with E-state index in [1.54, 1.807) is 19.2 Å². The molecule has 0 spiro atoms. The van der Waals surface area contributed by atoms with E-state index in [9.17, 15) is 4.79 Å². The molecule has 110 valence electrons. The number of anilines is 2. The standard InChI is InChI=1S/C16H18ClN3O/c1-10(11-3-6-13(17)7-4-11)20-15-8-5-12(9-14(15)18)16(21)19-2/h3-10,20H,18H2,1-2H3,(H,19,21). The summed E-state index contributed by atoms with van der Waals surface area (Å²) >= 11 is 5.88. The van der Waals surface area contributed by atoms with Crippen LogP contribution in [0.25, 0.3) is 0 Å². The second-order valence-corrected chi connectivity index (χ2v) is 5.24. The minimum atomic E-state index is -0.154. The van der Waals surface area contributed by atoms with Gasteiger partial charge in [-0.2, -0.15) is 0 Å². The van der Waals surface area contributed by atoms with Crippen LogP contribution in [0.1, 0.15) is 28.9 Å². The summed E-state index contributed by atoms with van der Waals surface area (Å²) in [6, 6.07) is 12.9. The fourth-order valence-corrected chi connectivity index (χ4v) is 2.17. The molecule has 0 aliphatic rings. The molecular formula is C16H18ClN3O. The van der Waals surface area contributed by atoms with E-state index in [2.05, 4.69) is 10.6 Å². The Morgan fingerprint density at radius 2 is 1.86 bits per heavy atom. The molecule has 1 unspecified atom stereocenters. The summed E-state index contributed by atoms with van der Waals surface area (Å²) in [5.41, 5.74) is 8.98. The van der Waals surface area contributed by atoms with Crippen molar-refractivity contribution in [2.45, 2.75) is 13.0 Å². The van der Waals surface area contributed by atoms with E-state index in [0.29, 0.717) is 16.3 Å². The second-order valence-electron chi connectivity index (χ2n) is 4.80. The summed E-state index contributed by atoms with van der Waals surface area (Å²) in [5.74, 6) is -0.154. The van der Waals surface area contributed by atoms with Gasteiger partial charge in [-0.1, -0.05) is 23.7 Å². The van der Waals surface area contributed by atoms with Crippen molar-refractivity contribution in [2.75, 3.05) is 18.1 Å². The maximum absolute atomic E-state index is 11.6. The van der Waals surface area contributed by atoms with Crippen LogP contribution in [0, 0.1) is 0 Å². The van der Waals surface area contributed by atoms with Crippen LogP contribution < -0.4 is 16.4 Å². The lowest BCUT2D eigenvalue weighted by Gasteiger charge is -2.17. The molecule has 4 nitrogen and oxygen atoms in total. The van der Waals surface area contributed by atoms with Crippen molar-refractivity contribution >= 4 is 28.9 Å². The summed E-state index contributed by atoms with van der Waals surface area (Å²) in [6.45, 7) is 2.04. The Balaban J connectivity index is 2.15. The Labute approximate surface area is 129 Å². The predicted molar refractivity (Wildman–Crippen MR) is 87.7 cm³/mol. The molecule has 0 fully saturated rings. The summed E-state index contributed by atoms with van der Waals surface area (Å²) < 4.78 is 0. The number of hydrogen-bond acceptors (Lipinski definition) is 3. The topological polar surface area (TPSA) is 67.2 Å². The van der Waals surface area contributed by atoms with E-state index >= 15 is 0 Å². The van der Waals surface area contributed by atoms with Gasteiger partial charge in [0.1, 0.15) is 0 Å².